The van der Waals surface area contributed by atoms with Crippen LogP contribution in [0.2, 0.25) is 0 Å². The van der Waals surface area contributed by atoms with E-state index in [9.17, 15) is 20.4 Å². The third-order valence-corrected chi connectivity index (χ3v) is 6.48. The summed E-state index contributed by atoms with van der Waals surface area (Å²) in [6.45, 7) is 5.87. The summed E-state index contributed by atoms with van der Waals surface area (Å²) in [4.78, 5) is 0. The predicted molar refractivity (Wildman–Crippen MR) is 113 cm³/mol. The molecule has 4 N–H and O–H groups in total. The van der Waals surface area contributed by atoms with E-state index < -0.39 is 35.8 Å². The van der Waals surface area contributed by atoms with Gasteiger partial charge in [0, 0.05) is 5.56 Å². The van der Waals surface area contributed by atoms with Crippen molar-refractivity contribution in [1.82, 2.24) is 0 Å². The first-order valence-corrected chi connectivity index (χ1v) is 10.6. The number of aryl methyl sites for hydroxylation is 1. The summed E-state index contributed by atoms with van der Waals surface area (Å²) in [6.07, 6.45) is -4.99. The number of aliphatic hydroxyl groups is 4. The molecule has 2 saturated heterocycles. The first-order chi connectivity index (χ1) is 14.7. The number of fused-ring (bicyclic) bond motifs is 2. The lowest BCUT2D eigenvalue weighted by Gasteiger charge is -2.47. The molecule has 2 aromatic carbocycles. The van der Waals surface area contributed by atoms with Crippen molar-refractivity contribution in [1.29, 1.82) is 0 Å². The van der Waals surface area contributed by atoms with Crippen LogP contribution < -0.4 is 4.74 Å². The van der Waals surface area contributed by atoms with Gasteiger partial charge in [-0.15, -0.1) is 0 Å². The van der Waals surface area contributed by atoms with Crippen LogP contribution >= 0.6 is 0 Å². The molecular formula is C24H30O7. The third-order valence-electron chi connectivity index (χ3n) is 6.48. The molecule has 2 fully saturated rings. The Morgan fingerprint density at radius 1 is 1.10 bits per heavy atom. The third kappa shape index (κ3) is 3.55. The number of ether oxygens (including phenoxy) is 3. The van der Waals surface area contributed by atoms with Crippen molar-refractivity contribution in [2.75, 3.05) is 13.2 Å². The second-order valence-electron chi connectivity index (χ2n) is 8.46. The van der Waals surface area contributed by atoms with Crippen LogP contribution in [0.5, 0.6) is 5.75 Å². The van der Waals surface area contributed by atoms with Gasteiger partial charge in [0.05, 0.1) is 19.3 Å². The van der Waals surface area contributed by atoms with Crippen LogP contribution in [0.15, 0.2) is 42.5 Å². The van der Waals surface area contributed by atoms with E-state index in [1.807, 2.05) is 50.2 Å². The summed E-state index contributed by atoms with van der Waals surface area (Å²) >= 11 is 0. The zero-order valence-electron chi connectivity index (χ0n) is 18.0. The molecule has 2 aliphatic rings. The van der Waals surface area contributed by atoms with Gasteiger partial charge in [-0.3, -0.25) is 0 Å². The predicted octanol–water partition coefficient (Wildman–Crippen LogP) is 1.40. The summed E-state index contributed by atoms with van der Waals surface area (Å²) in [5.41, 5.74) is 2.16. The van der Waals surface area contributed by atoms with E-state index >= 15 is 0 Å². The Morgan fingerprint density at radius 2 is 1.81 bits per heavy atom. The molecule has 2 aromatic rings. The Morgan fingerprint density at radius 3 is 2.45 bits per heavy atom. The van der Waals surface area contributed by atoms with Gasteiger partial charge in [0.25, 0.3) is 0 Å². The van der Waals surface area contributed by atoms with Gasteiger partial charge >= 0.3 is 0 Å². The molecule has 0 saturated carbocycles. The van der Waals surface area contributed by atoms with Crippen LogP contribution in [0, 0.1) is 6.92 Å². The van der Waals surface area contributed by atoms with E-state index in [0.717, 1.165) is 22.4 Å². The second-order valence-corrected chi connectivity index (χ2v) is 8.46. The number of hydrogen-bond donors (Lipinski definition) is 4. The maximum atomic E-state index is 10.8. The van der Waals surface area contributed by atoms with Crippen molar-refractivity contribution in [3.05, 3.63) is 64.7 Å². The number of hydrogen-bond acceptors (Lipinski definition) is 7. The SMILES string of the molecule is CCOc1ccc(Cc2cc([C@]34OC[C@](C(C)O)(O3)[C@H](O)[C@H](O)[C@H]4O)ccc2C)cc1. The average Bonchev–Trinajstić information content (AvgIpc) is 3.15. The van der Waals surface area contributed by atoms with E-state index in [-0.39, 0.29) is 6.61 Å². The van der Waals surface area contributed by atoms with Gasteiger partial charge in [-0.1, -0.05) is 24.3 Å². The fraction of sp³-hybridized carbons (Fsp3) is 0.500. The molecule has 0 radical (unpaired) electrons. The number of rotatable bonds is 6. The first kappa shape index (κ1) is 22.2. The zero-order valence-corrected chi connectivity index (χ0v) is 18.0. The maximum absolute atomic E-state index is 10.8. The van der Waals surface area contributed by atoms with Gasteiger partial charge < -0.3 is 34.6 Å². The van der Waals surface area contributed by atoms with E-state index in [1.54, 1.807) is 6.07 Å². The first-order valence-electron chi connectivity index (χ1n) is 10.6. The average molecular weight is 430 g/mol. The lowest BCUT2D eigenvalue weighted by atomic mass is 9.80. The molecule has 31 heavy (non-hydrogen) atoms. The summed E-state index contributed by atoms with van der Waals surface area (Å²) in [7, 11) is 0. The van der Waals surface area contributed by atoms with Gasteiger partial charge in [0.15, 0.2) is 0 Å². The molecule has 2 heterocycles. The quantitative estimate of drug-likeness (QED) is 0.549. The number of aliphatic hydroxyl groups excluding tert-OH is 4. The van der Waals surface area contributed by atoms with Crippen molar-refractivity contribution >= 4 is 0 Å². The van der Waals surface area contributed by atoms with E-state index in [1.165, 1.54) is 6.92 Å². The Labute approximate surface area is 181 Å². The highest BCUT2D eigenvalue weighted by molar-refractivity contribution is 5.40. The van der Waals surface area contributed by atoms with Gasteiger partial charge in [-0.25, -0.2) is 0 Å². The molecule has 2 aliphatic heterocycles. The Kier molecular flexibility index (Phi) is 5.85. The van der Waals surface area contributed by atoms with Crippen molar-refractivity contribution < 1.29 is 34.6 Å². The van der Waals surface area contributed by atoms with Crippen LogP contribution in [0.25, 0.3) is 0 Å². The van der Waals surface area contributed by atoms with Crippen LogP contribution in [-0.4, -0.2) is 63.7 Å². The Balaban J connectivity index is 1.67. The Bertz CT molecular complexity index is 928. The lowest BCUT2D eigenvalue weighted by Crippen LogP contribution is -2.67. The molecule has 2 bridgehead atoms. The minimum Gasteiger partial charge on any atom is -0.494 e. The summed E-state index contributed by atoms with van der Waals surface area (Å²) in [5, 5.41) is 42.1. The van der Waals surface area contributed by atoms with Crippen LogP contribution in [-0.2, 0) is 21.7 Å². The topological polar surface area (TPSA) is 109 Å². The van der Waals surface area contributed by atoms with Gasteiger partial charge in [0.1, 0.15) is 29.7 Å². The molecule has 7 nitrogen and oxygen atoms in total. The van der Waals surface area contributed by atoms with E-state index in [2.05, 4.69) is 0 Å². The molecule has 168 valence electrons. The van der Waals surface area contributed by atoms with Crippen LogP contribution in [0.3, 0.4) is 0 Å². The molecule has 0 spiro atoms. The Hall–Kier alpha value is -2.00. The molecule has 4 rings (SSSR count). The summed E-state index contributed by atoms with van der Waals surface area (Å²) in [6, 6.07) is 13.4. The molecule has 6 atom stereocenters. The molecule has 0 aromatic heterocycles. The molecular weight excluding hydrogens is 400 g/mol. The van der Waals surface area contributed by atoms with Crippen molar-refractivity contribution in [2.24, 2.45) is 0 Å². The molecule has 1 unspecified atom stereocenters. The highest BCUT2D eigenvalue weighted by Crippen LogP contribution is 2.51. The minimum absolute atomic E-state index is 0.151. The molecule has 0 aliphatic carbocycles. The standard InChI is InChI=1S/C24H30O7/c1-4-29-19-9-6-16(7-10-19)11-17-12-18(8-5-14(17)2)24-22(28)20(26)21(27)23(31-24,13-30-24)15(3)25/h5-10,12,15,20-22,25-28H,4,11,13H2,1-3H3/t15?,20-,21+,22+,23+,24-/m0/s1. The second kappa shape index (κ2) is 8.16. The van der Waals surface area contributed by atoms with Crippen LogP contribution in [0.4, 0.5) is 0 Å². The molecule has 7 heteroatoms. The maximum Gasteiger partial charge on any atom is 0.225 e. The lowest BCUT2D eigenvalue weighted by molar-refractivity contribution is -0.336. The normalized spacial score (nSPS) is 33.3. The summed E-state index contributed by atoms with van der Waals surface area (Å²) < 4.78 is 17.4. The fourth-order valence-corrected chi connectivity index (χ4v) is 4.47. The largest absolute Gasteiger partial charge is 0.494 e. The highest BCUT2D eigenvalue weighted by Gasteiger charge is 2.68. The fourth-order valence-electron chi connectivity index (χ4n) is 4.47. The molecule has 0 amide bonds. The monoisotopic (exact) mass is 430 g/mol. The van der Waals surface area contributed by atoms with Gasteiger partial charge in [0.2, 0.25) is 5.79 Å². The smallest absolute Gasteiger partial charge is 0.225 e. The number of benzene rings is 2. The van der Waals surface area contributed by atoms with E-state index in [4.69, 9.17) is 14.2 Å². The van der Waals surface area contributed by atoms with Crippen molar-refractivity contribution in [2.45, 2.75) is 63.0 Å². The minimum atomic E-state index is -1.67. The van der Waals surface area contributed by atoms with E-state index in [0.29, 0.717) is 18.6 Å². The zero-order chi connectivity index (χ0) is 22.4. The van der Waals surface area contributed by atoms with Crippen molar-refractivity contribution in [3.8, 4) is 5.75 Å². The summed E-state index contributed by atoms with van der Waals surface area (Å²) in [5.74, 6) is -0.854. The van der Waals surface area contributed by atoms with Crippen LogP contribution in [0.1, 0.15) is 36.1 Å². The van der Waals surface area contributed by atoms with Gasteiger partial charge in [-0.05, 0) is 62.1 Å². The highest BCUT2D eigenvalue weighted by atomic mass is 16.8. The van der Waals surface area contributed by atoms with Crippen molar-refractivity contribution in [3.63, 3.8) is 0 Å². The van der Waals surface area contributed by atoms with Gasteiger partial charge in [-0.2, -0.15) is 0 Å².